The van der Waals surface area contributed by atoms with Crippen molar-refractivity contribution in [2.45, 2.75) is 68.2 Å². The molecular formula is C18H41N3. The van der Waals surface area contributed by atoms with Crippen molar-refractivity contribution in [2.24, 2.45) is 33.1 Å². The van der Waals surface area contributed by atoms with Gasteiger partial charge in [-0.2, -0.15) is 0 Å². The van der Waals surface area contributed by atoms with Gasteiger partial charge in [-0.25, -0.2) is 0 Å². The van der Waals surface area contributed by atoms with Crippen LogP contribution in [0.1, 0.15) is 68.2 Å². The second-order valence-electron chi connectivity index (χ2n) is 10.0. The lowest BCUT2D eigenvalue weighted by Gasteiger charge is -2.37. The molecule has 21 heavy (non-hydrogen) atoms. The van der Waals surface area contributed by atoms with Gasteiger partial charge in [0, 0.05) is 13.1 Å². The Balaban J connectivity index is 4.34. The summed E-state index contributed by atoms with van der Waals surface area (Å²) in [5.74, 6) is 0. The van der Waals surface area contributed by atoms with E-state index in [4.69, 9.17) is 11.5 Å². The first kappa shape index (κ1) is 20.9. The predicted molar refractivity (Wildman–Crippen MR) is 95.3 cm³/mol. The number of nitrogens with one attached hydrogen (secondary N) is 1. The van der Waals surface area contributed by atoms with Gasteiger partial charge in [-0.05, 0) is 47.6 Å². The average molecular weight is 300 g/mol. The van der Waals surface area contributed by atoms with Crippen LogP contribution in [-0.2, 0) is 0 Å². The predicted octanol–water partition coefficient (Wildman–Crippen LogP) is 3.38. The summed E-state index contributed by atoms with van der Waals surface area (Å²) in [6.45, 7) is 21.9. The topological polar surface area (TPSA) is 64.1 Å². The molecule has 0 saturated heterocycles. The summed E-state index contributed by atoms with van der Waals surface area (Å²) in [6, 6.07) is 0. The molecule has 0 saturated carbocycles. The maximum absolute atomic E-state index is 5.86. The minimum absolute atomic E-state index is 0.211. The molecule has 0 rings (SSSR count). The highest BCUT2D eigenvalue weighted by atomic mass is 14.9. The van der Waals surface area contributed by atoms with Gasteiger partial charge in [0.2, 0.25) is 0 Å². The van der Waals surface area contributed by atoms with E-state index in [9.17, 15) is 0 Å². The van der Waals surface area contributed by atoms with Gasteiger partial charge < -0.3 is 16.8 Å². The van der Waals surface area contributed by atoms with Gasteiger partial charge in [-0.3, -0.25) is 0 Å². The molecule has 3 nitrogen and oxygen atoms in total. The van der Waals surface area contributed by atoms with Crippen LogP contribution in [0.3, 0.4) is 0 Å². The number of hydrogen-bond acceptors (Lipinski definition) is 3. The van der Waals surface area contributed by atoms with Crippen molar-refractivity contribution < 1.29 is 0 Å². The van der Waals surface area contributed by atoms with Gasteiger partial charge >= 0.3 is 0 Å². The lowest BCUT2D eigenvalue weighted by Crippen LogP contribution is -2.41. The fourth-order valence-electron chi connectivity index (χ4n) is 3.60. The Morgan fingerprint density at radius 2 is 0.857 bits per heavy atom. The van der Waals surface area contributed by atoms with Gasteiger partial charge in [-0.1, -0.05) is 55.4 Å². The van der Waals surface area contributed by atoms with Crippen LogP contribution < -0.4 is 16.8 Å². The van der Waals surface area contributed by atoms with Crippen LogP contribution in [-0.4, -0.2) is 26.2 Å². The van der Waals surface area contributed by atoms with Crippen molar-refractivity contribution in [3.05, 3.63) is 0 Å². The molecule has 0 spiro atoms. The summed E-state index contributed by atoms with van der Waals surface area (Å²) in [5, 5.41) is 3.68. The smallest absolute Gasteiger partial charge is 0.000295 e. The van der Waals surface area contributed by atoms with Crippen molar-refractivity contribution in [2.75, 3.05) is 26.2 Å². The van der Waals surface area contributed by atoms with Gasteiger partial charge in [0.15, 0.2) is 0 Å². The summed E-state index contributed by atoms with van der Waals surface area (Å²) in [7, 11) is 0. The Hall–Kier alpha value is -0.120. The maximum Gasteiger partial charge on any atom is 0.000295 e. The monoisotopic (exact) mass is 299 g/mol. The summed E-state index contributed by atoms with van der Waals surface area (Å²) in [6.07, 6.45) is 2.27. The van der Waals surface area contributed by atoms with Crippen molar-refractivity contribution in [1.82, 2.24) is 5.32 Å². The van der Waals surface area contributed by atoms with Crippen LogP contribution in [0.25, 0.3) is 0 Å². The molecule has 0 radical (unpaired) electrons. The third kappa shape index (κ3) is 9.49. The fourth-order valence-corrected chi connectivity index (χ4v) is 3.60. The summed E-state index contributed by atoms with van der Waals surface area (Å²) < 4.78 is 0. The van der Waals surface area contributed by atoms with Gasteiger partial charge in [-0.15, -0.1) is 0 Å². The molecule has 0 aliphatic rings. The highest BCUT2D eigenvalue weighted by Crippen LogP contribution is 2.34. The minimum atomic E-state index is 0.211. The molecule has 0 fully saturated rings. The first-order valence-electron chi connectivity index (χ1n) is 8.35. The fraction of sp³-hybridized carbons (Fsp3) is 1.00. The van der Waals surface area contributed by atoms with E-state index in [0.29, 0.717) is 0 Å². The van der Waals surface area contributed by atoms with E-state index in [1.54, 1.807) is 0 Å². The highest BCUT2D eigenvalue weighted by Gasteiger charge is 2.30. The molecular weight excluding hydrogens is 258 g/mol. The van der Waals surface area contributed by atoms with E-state index in [1.807, 2.05) is 0 Å². The normalized spacial score (nSPS) is 14.6. The van der Waals surface area contributed by atoms with Crippen molar-refractivity contribution >= 4 is 0 Å². The Bertz CT molecular complexity index is 274. The van der Waals surface area contributed by atoms with E-state index in [0.717, 1.165) is 39.0 Å². The first-order valence-corrected chi connectivity index (χ1v) is 8.35. The number of hydrogen-bond donors (Lipinski definition) is 3. The molecule has 0 bridgehead atoms. The molecule has 0 amide bonds. The Morgan fingerprint density at radius 3 is 1.10 bits per heavy atom. The molecule has 0 aromatic carbocycles. The summed E-state index contributed by atoms with van der Waals surface area (Å²) in [4.78, 5) is 0. The van der Waals surface area contributed by atoms with Crippen LogP contribution in [0.15, 0.2) is 0 Å². The zero-order valence-electron chi connectivity index (χ0n) is 15.9. The second-order valence-corrected chi connectivity index (χ2v) is 10.0. The molecule has 128 valence electrons. The molecule has 0 aromatic heterocycles. The standard InChI is InChI=1S/C18H41N3/c1-15(2,11-19)9-17(5,6)13-21-14-18(7,8)10-16(3,4)12-20/h21H,9-14,19-20H2,1-8H3. The molecule has 0 aliphatic heterocycles. The Kier molecular flexibility index (Phi) is 7.39. The molecule has 3 heteroatoms. The quantitative estimate of drug-likeness (QED) is 0.579. The zero-order chi connectivity index (χ0) is 16.9. The van der Waals surface area contributed by atoms with Crippen molar-refractivity contribution in [3.63, 3.8) is 0 Å². The number of nitrogens with two attached hydrogens (primary N) is 2. The summed E-state index contributed by atoms with van der Waals surface area (Å²) in [5.41, 5.74) is 12.7. The third-order valence-electron chi connectivity index (χ3n) is 4.23. The molecule has 0 aliphatic carbocycles. The van der Waals surface area contributed by atoms with E-state index in [1.165, 1.54) is 0 Å². The van der Waals surface area contributed by atoms with Crippen LogP contribution in [0.2, 0.25) is 0 Å². The van der Waals surface area contributed by atoms with Gasteiger partial charge in [0.1, 0.15) is 0 Å². The molecule has 0 heterocycles. The van der Waals surface area contributed by atoms with E-state index >= 15 is 0 Å². The first-order chi connectivity index (χ1) is 9.24. The lowest BCUT2D eigenvalue weighted by molar-refractivity contribution is 0.167. The van der Waals surface area contributed by atoms with Crippen LogP contribution in [0.5, 0.6) is 0 Å². The SMILES string of the molecule is CC(C)(CN)CC(C)(C)CNCC(C)(C)CC(C)(C)CN. The van der Waals surface area contributed by atoms with Crippen molar-refractivity contribution in [3.8, 4) is 0 Å². The minimum Gasteiger partial charge on any atom is -0.330 e. The lowest BCUT2D eigenvalue weighted by atomic mass is 9.74. The number of rotatable bonds is 10. The zero-order valence-corrected chi connectivity index (χ0v) is 15.9. The molecule has 0 unspecified atom stereocenters. The van der Waals surface area contributed by atoms with E-state index < -0.39 is 0 Å². The van der Waals surface area contributed by atoms with Gasteiger partial charge in [0.05, 0.1) is 0 Å². The second kappa shape index (κ2) is 7.43. The Labute approximate surface area is 133 Å². The molecule has 0 aromatic rings. The Morgan fingerprint density at radius 1 is 0.571 bits per heavy atom. The largest absolute Gasteiger partial charge is 0.330 e. The average Bonchev–Trinajstić information content (AvgIpc) is 2.25. The van der Waals surface area contributed by atoms with Crippen LogP contribution >= 0.6 is 0 Å². The van der Waals surface area contributed by atoms with Gasteiger partial charge in [0.25, 0.3) is 0 Å². The molecule has 5 N–H and O–H groups in total. The maximum atomic E-state index is 5.86. The van der Waals surface area contributed by atoms with Crippen LogP contribution in [0, 0.1) is 21.7 Å². The van der Waals surface area contributed by atoms with Crippen molar-refractivity contribution in [1.29, 1.82) is 0 Å². The van der Waals surface area contributed by atoms with E-state index in [2.05, 4.69) is 60.7 Å². The molecule has 0 atom stereocenters. The third-order valence-corrected chi connectivity index (χ3v) is 4.23. The van der Waals surface area contributed by atoms with E-state index in [-0.39, 0.29) is 21.7 Å². The van der Waals surface area contributed by atoms with Crippen LogP contribution in [0.4, 0.5) is 0 Å². The summed E-state index contributed by atoms with van der Waals surface area (Å²) >= 11 is 0. The highest BCUT2D eigenvalue weighted by molar-refractivity contribution is 4.85.